The van der Waals surface area contributed by atoms with Crippen molar-refractivity contribution >= 4 is 33.3 Å². The zero-order chi connectivity index (χ0) is 15.1. The number of hydrogen-bond acceptors (Lipinski definition) is 5. The average Bonchev–Trinajstić information content (AvgIpc) is 3.25. The molecule has 2 aromatic rings. The molecule has 0 aromatic carbocycles. The molecule has 2 aromatic heterocycles. The van der Waals surface area contributed by atoms with E-state index in [2.05, 4.69) is 25.1 Å². The Balaban J connectivity index is 1.69. The first-order valence-corrected chi connectivity index (χ1v) is 8.86. The zero-order valence-electron chi connectivity index (χ0n) is 12.7. The predicted molar refractivity (Wildman–Crippen MR) is 88.2 cm³/mol. The Morgan fingerprint density at radius 1 is 1.23 bits per heavy atom. The monoisotopic (exact) mass is 316 g/mol. The van der Waals surface area contributed by atoms with Gasteiger partial charge in [0, 0.05) is 20.0 Å². The van der Waals surface area contributed by atoms with Gasteiger partial charge in [-0.05, 0) is 37.1 Å². The van der Waals surface area contributed by atoms with E-state index in [-0.39, 0.29) is 5.91 Å². The molecule has 2 aliphatic heterocycles. The lowest BCUT2D eigenvalue weighted by atomic mass is 10.0. The van der Waals surface area contributed by atoms with Crippen molar-refractivity contribution in [3.05, 3.63) is 17.8 Å². The molecule has 0 bridgehead atoms. The maximum absolute atomic E-state index is 11.9. The lowest BCUT2D eigenvalue weighted by Crippen LogP contribution is -2.48. The number of hydrogen-bond donors (Lipinski definition) is 0. The van der Waals surface area contributed by atoms with Crippen molar-refractivity contribution in [2.24, 2.45) is 0 Å². The summed E-state index contributed by atoms with van der Waals surface area (Å²) in [5.41, 5.74) is 1.02. The fourth-order valence-corrected chi connectivity index (χ4v) is 4.87. The number of thiophene rings is 1. The van der Waals surface area contributed by atoms with Gasteiger partial charge in [-0.25, -0.2) is 9.97 Å². The predicted octanol–water partition coefficient (Wildman–Crippen LogP) is 2.67. The van der Waals surface area contributed by atoms with Gasteiger partial charge in [0.2, 0.25) is 5.91 Å². The van der Waals surface area contributed by atoms with Crippen LogP contribution in [-0.4, -0.2) is 45.9 Å². The van der Waals surface area contributed by atoms with E-state index in [4.69, 9.17) is 0 Å². The van der Waals surface area contributed by atoms with Gasteiger partial charge in [0.1, 0.15) is 12.1 Å². The molecule has 2 fully saturated rings. The van der Waals surface area contributed by atoms with E-state index in [1.807, 2.05) is 6.07 Å². The summed E-state index contributed by atoms with van der Waals surface area (Å²) < 4.78 is 1.17. The normalized spacial score (nSPS) is 25.3. The van der Waals surface area contributed by atoms with E-state index in [0.29, 0.717) is 12.1 Å². The Labute approximate surface area is 134 Å². The second kappa shape index (κ2) is 5.50. The van der Waals surface area contributed by atoms with Crippen LogP contribution in [0.25, 0.3) is 10.2 Å². The fourth-order valence-electron chi connectivity index (χ4n) is 4.02. The van der Waals surface area contributed by atoms with Crippen molar-refractivity contribution in [2.75, 3.05) is 18.0 Å². The van der Waals surface area contributed by atoms with Crippen LogP contribution >= 0.6 is 11.3 Å². The van der Waals surface area contributed by atoms with Gasteiger partial charge in [-0.3, -0.25) is 4.79 Å². The largest absolute Gasteiger partial charge is 0.350 e. The molecule has 1 amide bonds. The molecule has 0 saturated carbocycles. The van der Waals surface area contributed by atoms with Crippen LogP contribution in [-0.2, 0) is 4.79 Å². The van der Waals surface area contributed by atoms with Crippen LogP contribution in [0.15, 0.2) is 17.8 Å². The first kappa shape index (κ1) is 13.9. The van der Waals surface area contributed by atoms with Crippen molar-refractivity contribution in [3.63, 3.8) is 0 Å². The first-order chi connectivity index (χ1) is 10.8. The molecule has 0 unspecified atom stereocenters. The van der Waals surface area contributed by atoms with E-state index in [1.165, 1.54) is 11.1 Å². The Bertz CT molecular complexity index is 700. The number of fused-ring (bicyclic) bond motifs is 1. The summed E-state index contributed by atoms with van der Waals surface area (Å²) in [5, 5.41) is 2.07. The second-order valence-corrected chi connectivity index (χ2v) is 7.07. The third-order valence-corrected chi connectivity index (χ3v) is 5.84. The molecule has 0 radical (unpaired) electrons. The number of rotatable bonds is 2. The molecule has 4 heterocycles. The topological polar surface area (TPSA) is 49.3 Å². The molecule has 2 aliphatic rings. The SMILES string of the molecule is CC(=O)N1CCC[C@@H]1[C@@H]1CCCN1c1ncnc2ccsc12. The lowest BCUT2D eigenvalue weighted by Gasteiger charge is -2.35. The van der Waals surface area contributed by atoms with Crippen molar-refractivity contribution in [3.8, 4) is 0 Å². The highest BCUT2D eigenvalue weighted by Gasteiger charge is 2.39. The van der Waals surface area contributed by atoms with E-state index >= 15 is 0 Å². The van der Waals surface area contributed by atoms with Gasteiger partial charge in [0.15, 0.2) is 0 Å². The molecule has 6 heteroatoms. The number of carbonyl (C=O) groups is 1. The van der Waals surface area contributed by atoms with Crippen LogP contribution in [0.2, 0.25) is 0 Å². The molecule has 0 N–H and O–H groups in total. The van der Waals surface area contributed by atoms with E-state index in [0.717, 1.165) is 43.7 Å². The highest BCUT2D eigenvalue weighted by Crippen LogP contribution is 2.36. The van der Waals surface area contributed by atoms with Gasteiger partial charge in [-0.2, -0.15) is 0 Å². The van der Waals surface area contributed by atoms with Crippen molar-refractivity contribution in [1.29, 1.82) is 0 Å². The summed E-state index contributed by atoms with van der Waals surface area (Å²) in [7, 11) is 0. The van der Waals surface area contributed by atoms with Crippen LogP contribution < -0.4 is 4.90 Å². The Morgan fingerprint density at radius 2 is 2.05 bits per heavy atom. The van der Waals surface area contributed by atoms with Gasteiger partial charge in [0.25, 0.3) is 0 Å². The minimum atomic E-state index is 0.207. The van der Waals surface area contributed by atoms with Crippen molar-refractivity contribution in [2.45, 2.75) is 44.7 Å². The van der Waals surface area contributed by atoms with Gasteiger partial charge in [-0.1, -0.05) is 0 Å². The Morgan fingerprint density at radius 3 is 2.91 bits per heavy atom. The van der Waals surface area contributed by atoms with Gasteiger partial charge in [-0.15, -0.1) is 11.3 Å². The fraction of sp³-hybridized carbons (Fsp3) is 0.562. The quantitative estimate of drug-likeness (QED) is 0.855. The third-order valence-electron chi connectivity index (χ3n) is 4.94. The van der Waals surface area contributed by atoms with Crippen LogP contribution in [0, 0.1) is 0 Å². The second-order valence-electron chi connectivity index (χ2n) is 6.16. The van der Waals surface area contributed by atoms with Crippen molar-refractivity contribution in [1.82, 2.24) is 14.9 Å². The minimum Gasteiger partial charge on any atom is -0.350 e. The molecule has 0 spiro atoms. The summed E-state index contributed by atoms with van der Waals surface area (Å²) in [6.07, 6.45) is 6.21. The zero-order valence-corrected chi connectivity index (χ0v) is 13.6. The molecular formula is C16H20N4OS. The maximum atomic E-state index is 11.9. The van der Waals surface area contributed by atoms with Crippen LogP contribution in [0.3, 0.4) is 0 Å². The number of carbonyl (C=O) groups excluding carboxylic acids is 1. The minimum absolute atomic E-state index is 0.207. The number of aromatic nitrogens is 2. The van der Waals surface area contributed by atoms with Crippen LogP contribution in [0.1, 0.15) is 32.6 Å². The number of anilines is 1. The average molecular weight is 316 g/mol. The molecule has 2 atom stereocenters. The Kier molecular flexibility index (Phi) is 3.48. The number of nitrogens with zero attached hydrogens (tertiary/aromatic N) is 4. The van der Waals surface area contributed by atoms with Crippen LogP contribution in [0.4, 0.5) is 5.82 Å². The number of amides is 1. The highest BCUT2D eigenvalue weighted by molar-refractivity contribution is 7.17. The molecular weight excluding hydrogens is 296 g/mol. The first-order valence-electron chi connectivity index (χ1n) is 7.98. The summed E-state index contributed by atoms with van der Waals surface area (Å²) in [6, 6.07) is 2.78. The van der Waals surface area contributed by atoms with Crippen molar-refractivity contribution < 1.29 is 4.79 Å². The standard InChI is InChI=1S/C16H20N4OS/c1-11(21)19-7-2-4-13(19)14-5-3-8-20(14)16-15-12(6-9-22-15)17-10-18-16/h6,9-10,13-14H,2-5,7-8H2,1H3/t13-,14+/m1/s1. The van der Waals surface area contributed by atoms with E-state index < -0.39 is 0 Å². The molecule has 22 heavy (non-hydrogen) atoms. The molecule has 5 nitrogen and oxygen atoms in total. The Hall–Kier alpha value is -1.69. The maximum Gasteiger partial charge on any atom is 0.219 e. The summed E-state index contributed by atoms with van der Waals surface area (Å²) in [6.45, 7) is 3.62. The summed E-state index contributed by atoms with van der Waals surface area (Å²) in [5.74, 6) is 1.26. The van der Waals surface area contributed by atoms with E-state index in [1.54, 1.807) is 24.6 Å². The lowest BCUT2D eigenvalue weighted by molar-refractivity contribution is -0.129. The summed E-state index contributed by atoms with van der Waals surface area (Å²) in [4.78, 5) is 25.3. The molecule has 2 saturated heterocycles. The van der Waals surface area contributed by atoms with E-state index in [9.17, 15) is 4.79 Å². The smallest absolute Gasteiger partial charge is 0.219 e. The highest BCUT2D eigenvalue weighted by atomic mass is 32.1. The van der Waals surface area contributed by atoms with Gasteiger partial charge < -0.3 is 9.80 Å². The number of likely N-dealkylation sites (tertiary alicyclic amines) is 1. The van der Waals surface area contributed by atoms with Crippen LogP contribution in [0.5, 0.6) is 0 Å². The van der Waals surface area contributed by atoms with Gasteiger partial charge in [0.05, 0.1) is 22.3 Å². The third kappa shape index (κ3) is 2.17. The molecule has 4 rings (SSSR count). The molecule has 116 valence electrons. The summed E-state index contributed by atoms with van der Waals surface area (Å²) >= 11 is 1.71. The molecule has 0 aliphatic carbocycles. The van der Waals surface area contributed by atoms with Gasteiger partial charge >= 0.3 is 0 Å².